The predicted molar refractivity (Wildman–Crippen MR) is 84.8 cm³/mol. The van der Waals surface area contributed by atoms with Crippen LogP contribution in [0.5, 0.6) is 0 Å². The topological polar surface area (TPSA) is 101 Å². The largest absolute Gasteiger partial charge is 0.478 e. The van der Waals surface area contributed by atoms with Gasteiger partial charge in [0.15, 0.2) is 5.03 Å². The Balaban J connectivity index is 2.39. The average molecular weight is 421 g/mol. The van der Waals surface area contributed by atoms with E-state index in [1.165, 1.54) is 24.7 Å². The Morgan fingerprint density at radius 2 is 2.19 bits per heavy atom. The van der Waals surface area contributed by atoms with E-state index in [4.69, 9.17) is 5.11 Å². The van der Waals surface area contributed by atoms with Crippen LogP contribution in [0, 0.1) is 3.57 Å². The monoisotopic (exact) mass is 421 g/mol. The lowest BCUT2D eigenvalue weighted by Gasteiger charge is -2.09. The van der Waals surface area contributed by atoms with E-state index in [2.05, 4.69) is 9.71 Å². The van der Waals surface area contributed by atoms with Crippen molar-refractivity contribution in [2.75, 3.05) is 4.72 Å². The molecule has 1 aromatic carbocycles. The standard InChI is InChI=1S/C12H12IN3O4S/c1-2-16-6-11(14-7-16)21(19,20)15-10-4-3-8(13)5-9(10)12(17)18/h3-7,15H,2H2,1H3,(H,17,18). The lowest BCUT2D eigenvalue weighted by Crippen LogP contribution is -2.16. The van der Waals surface area contributed by atoms with Crippen LogP contribution in [0.1, 0.15) is 17.3 Å². The van der Waals surface area contributed by atoms with Gasteiger partial charge in [-0.15, -0.1) is 0 Å². The molecule has 0 saturated heterocycles. The van der Waals surface area contributed by atoms with Crippen molar-refractivity contribution in [3.8, 4) is 0 Å². The fourth-order valence-corrected chi connectivity index (χ4v) is 3.15. The third-order valence-electron chi connectivity index (χ3n) is 2.71. The van der Waals surface area contributed by atoms with Gasteiger partial charge in [0.05, 0.1) is 17.6 Å². The van der Waals surface area contributed by atoms with Crippen molar-refractivity contribution in [2.45, 2.75) is 18.5 Å². The lowest BCUT2D eigenvalue weighted by molar-refractivity contribution is 0.0698. The molecule has 2 rings (SSSR count). The molecule has 9 heteroatoms. The number of carboxylic acid groups (broad SMARTS) is 1. The van der Waals surface area contributed by atoms with Crippen LogP contribution in [0.4, 0.5) is 5.69 Å². The molecule has 0 atom stereocenters. The molecule has 0 bridgehead atoms. The van der Waals surface area contributed by atoms with Gasteiger partial charge in [-0.05, 0) is 47.7 Å². The maximum Gasteiger partial charge on any atom is 0.337 e. The van der Waals surface area contributed by atoms with Gasteiger partial charge in [0.2, 0.25) is 0 Å². The Bertz CT molecular complexity index is 786. The highest BCUT2D eigenvalue weighted by Gasteiger charge is 2.21. The van der Waals surface area contributed by atoms with Crippen LogP contribution in [0.2, 0.25) is 0 Å². The zero-order valence-electron chi connectivity index (χ0n) is 10.9. The van der Waals surface area contributed by atoms with Gasteiger partial charge < -0.3 is 9.67 Å². The highest BCUT2D eigenvalue weighted by atomic mass is 127. The summed E-state index contributed by atoms with van der Waals surface area (Å²) in [5.74, 6) is -1.20. The van der Waals surface area contributed by atoms with E-state index in [0.717, 1.165) is 0 Å². The molecular weight excluding hydrogens is 409 g/mol. The van der Waals surface area contributed by atoms with Gasteiger partial charge in [-0.3, -0.25) is 4.72 Å². The smallest absolute Gasteiger partial charge is 0.337 e. The van der Waals surface area contributed by atoms with Crippen LogP contribution < -0.4 is 4.72 Å². The third kappa shape index (κ3) is 3.53. The molecule has 1 heterocycles. The number of benzene rings is 1. The zero-order valence-corrected chi connectivity index (χ0v) is 13.9. The summed E-state index contributed by atoms with van der Waals surface area (Å²) in [4.78, 5) is 15.0. The molecular formula is C12H12IN3O4S. The molecule has 0 aliphatic carbocycles. The number of hydrogen-bond donors (Lipinski definition) is 2. The van der Waals surface area contributed by atoms with E-state index < -0.39 is 16.0 Å². The Hall–Kier alpha value is -1.62. The van der Waals surface area contributed by atoms with Crippen molar-refractivity contribution in [1.82, 2.24) is 9.55 Å². The second kappa shape index (κ2) is 6.02. The number of carboxylic acids is 1. The summed E-state index contributed by atoms with van der Waals surface area (Å²) >= 11 is 1.96. The van der Waals surface area contributed by atoms with Crippen molar-refractivity contribution >= 4 is 44.3 Å². The van der Waals surface area contributed by atoms with Crippen LogP contribution in [0.3, 0.4) is 0 Å². The second-order valence-corrected chi connectivity index (χ2v) is 7.02. The first-order valence-corrected chi connectivity index (χ1v) is 8.47. The predicted octanol–water partition coefficient (Wildman–Crippen LogP) is 2.01. The minimum atomic E-state index is -3.92. The molecule has 112 valence electrons. The fourth-order valence-electron chi connectivity index (χ4n) is 1.63. The molecule has 7 nitrogen and oxygen atoms in total. The number of carbonyl (C=O) groups is 1. The van der Waals surface area contributed by atoms with Crippen LogP contribution in [0.25, 0.3) is 0 Å². The molecule has 0 aliphatic rings. The summed E-state index contributed by atoms with van der Waals surface area (Å²) in [7, 11) is -3.92. The lowest BCUT2D eigenvalue weighted by atomic mass is 10.2. The number of nitrogens with one attached hydrogen (secondary N) is 1. The summed E-state index contributed by atoms with van der Waals surface area (Å²) in [6.07, 6.45) is 2.79. The Labute approximate surface area is 135 Å². The van der Waals surface area contributed by atoms with Crippen molar-refractivity contribution < 1.29 is 18.3 Å². The molecule has 0 aliphatic heterocycles. The normalized spacial score (nSPS) is 11.3. The molecule has 2 N–H and O–H groups in total. The summed E-state index contributed by atoms with van der Waals surface area (Å²) in [6.45, 7) is 2.44. The number of halogens is 1. The van der Waals surface area contributed by atoms with Crippen molar-refractivity contribution in [2.24, 2.45) is 0 Å². The third-order valence-corrected chi connectivity index (χ3v) is 4.63. The van der Waals surface area contributed by atoms with Gasteiger partial charge in [-0.1, -0.05) is 0 Å². The number of aromatic nitrogens is 2. The number of rotatable bonds is 5. The maximum absolute atomic E-state index is 12.2. The van der Waals surface area contributed by atoms with Crippen LogP contribution in [-0.4, -0.2) is 29.0 Å². The zero-order chi connectivity index (χ0) is 15.6. The maximum atomic E-state index is 12.2. The van der Waals surface area contributed by atoms with Crippen molar-refractivity contribution in [3.63, 3.8) is 0 Å². The van der Waals surface area contributed by atoms with Crippen molar-refractivity contribution in [1.29, 1.82) is 0 Å². The van der Waals surface area contributed by atoms with E-state index in [-0.39, 0.29) is 16.3 Å². The molecule has 0 radical (unpaired) electrons. The summed E-state index contributed by atoms with van der Waals surface area (Å²) in [6, 6.07) is 4.43. The Morgan fingerprint density at radius 3 is 2.76 bits per heavy atom. The number of aryl methyl sites for hydroxylation is 1. The molecule has 0 saturated carbocycles. The quantitative estimate of drug-likeness (QED) is 0.720. The molecule has 21 heavy (non-hydrogen) atoms. The van der Waals surface area contributed by atoms with Gasteiger partial charge in [-0.2, -0.15) is 8.42 Å². The van der Waals surface area contributed by atoms with Gasteiger partial charge in [0.25, 0.3) is 10.0 Å². The van der Waals surface area contributed by atoms with E-state index in [0.29, 0.717) is 10.1 Å². The first-order valence-electron chi connectivity index (χ1n) is 5.91. The van der Waals surface area contributed by atoms with Crippen LogP contribution >= 0.6 is 22.6 Å². The highest BCUT2D eigenvalue weighted by molar-refractivity contribution is 14.1. The molecule has 0 amide bonds. The van der Waals surface area contributed by atoms with Crippen LogP contribution in [-0.2, 0) is 16.6 Å². The minimum absolute atomic E-state index is 0.00830. The average Bonchev–Trinajstić information content (AvgIpc) is 2.90. The Morgan fingerprint density at radius 1 is 1.48 bits per heavy atom. The fraction of sp³-hybridized carbons (Fsp3) is 0.167. The van der Waals surface area contributed by atoms with Gasteiger partial charge in [-0.25, -0.2) is 9.78 Å². The number of hydrogen-bond acceptors (Lipinski definition) is 4. The van der Waals surface area contributed by atoms with E-state index in [1.807, 2.05) is 29.5 Å². The van der Waals surface area contributed by atoms with Crippen molar-refractivity contribution in [3.05, 3.63) is 39.9 Å². The number of aromatic carboxylic acids is 1. The minimum Gasteiger partial charge on any atom is -0.478 e. The first-order chi connectivity index (χ1) is 9.83. The highest BCUT2D eigenvalue weighted by Crippen LogP contribution is 2.22. The number of nitrogens with zero attached hydrogens (tertiary/aromatic N) is 2. The SMILES string of the molecule is CCn1cnc(S(=O)(=O)Nc2ccc(I)cc2C(=O)O)c1. The molecule has 2 aromatic rings. The van der Waals surface area contributed by atoms with Crippen LogP contribution in [0.15, 0.2) is 35.7 Å². The van der Waals surface area contributed by atoms with E-state index >= 15 is 0 Å². The summed E-state index contributed by atoms with van der Waals surface area (Å²) in [5.41, 5.74) is -0.102. The molecule has 0 fully saturated rings. The van der Waals surface area contributed by atoms with Gasteiger partial charge in [0, 0.05) is 16.3 Å². The van der Waals surface area contributed by atoms with Gasteiger partial charge in [0.1, 0.15) is 0 Å². The number of sulfonamides is 1. The number of imidazole rings is 1. The van der Waals surface area contributed by atoms with E-state index in [9.17, 15) is 13.2 Å². The van der Waals surface area contributed by atoms with Gasteiger partial charge >= 0.3 is 5.97 Å². The summed E-state index contributed by atoms with van der Waals surface area (Å²) in [5, 5.41) is 8.99. The molecule has 1 aromatic heterocycles. The first kappa shape index (κ1) is 15.8. The molecule has 0 unspecified atom stereocenters. The second-order valence-electron chi connectivity index (χ2n) is 4.14. The Kier molecular flexibility index (Phi) is 4.52. The summed E-state index contributed by atoms with van der Waals surface area (Å²) < 4.78 is 29.0. The number of anilines is 1. The molecule has 0 spiro atoms. The van der Waals surface area contributed by atoms with E-state index in [1.54, 1.807) is 10.6 Å².